The number of rotatable bonds is 6. The Morgan fingerprint density at radius 1 is 0.571 bits per heavy atom. The van der Waals surface area contributed by atoms with Gasteiger partial charge in [-0.25, -0.2) is 30.2 Å². The minimum atomic E-state index is -4.96. The number of fused-ring (bicyclic) bond motifs is 6. The first-order chi connectivity index (χ1) is 26.1. The molecule has 2 aliphatic rings. The van der Waals surface area contributed by atoms with Crippen molar-refractivity contribution in [3.63, 3.8) is 0 Å². The van der Waals surface area contributed by atoms with Crippen molar-refractivity contribution in [2.75, 3.05) is 19.2 Å². The molecular weight excluding hydrogens is 813 g/mol. The van der Waals surface area contributed by atoms with Gasteiger partial charge in [0.15, 0.2) is 0 Å². The van der Waals surface area contributed by atoms with E-state index >= 15 is 0 Å². The van der Waals surface area contributed by atoms with Crippen molar-refractivity contribution in [3.8, 4) is 11.5 Å². The van der Waals surface area contributed by atoms with E-state index < -0.39 is 56.1 Å². The second-order valence-corrected chi connectivity index (χ2v) is 19.2. The lowest BCUT2D eigenvalue weighted by atomic mass is 10.1. The van der Waals surface area contributed by atoms with Crippen LogP contribution in [0.5, 0.6) is 11.5 Å². The van der Waals surface area contributed by atoms with Gasteiger partial charge >= 0.3 is 6.03 Å². The van der Waals surface area contributed by atoms with E-state index in [0.29, 0.717) is 0 Å². The predicted octanol–water partition coefficient (Wildman–Crippen LogP) is 5.84. The van der Waals surface area contributed by atoms with E-state index in [1.54, 1.807) is 0 Å². The maximum absolute atomic E-state index is 14.1. The number of nitrogens with one attached hydrogen (secondary N) is 2. The van der Waals surface area contributed by atoms with Gasteiger partial charge in [0, 0.05) is 10.8 Å². The number of hydrogen-bond acceptors (Lipinski definition) is 11. The number of sulfonamides is 2. The fraction of sp³-hybridized carbons (Fsp3) is 0.0571. The highest BCUT2D eigenvalue weighted by Crippen LogP contribution is 2.52. The third-order valence-corrected chi connectivity index (χ3v) is 15.0. The lowest BCUT2D eigenvalue weighted by Gasteiger charge is -2.20. The van der Waals surface area contributed by atoms with Gasteiger partial charge in [0.2, 0.25) is 0 Å². The summed E-state index contributed by atoms with van der Waals surface area (Å²) in [6, 6.07) is 16.2. The smallest absolute Gasteiger partial charge is 0.323 e. The zero-order valence-corrected chi connectivity index (χ0v) is 31.8. The molecule has 0 spiro atoms. The Morgan fingerprint density at radius 2 is 0.946 bits per heavy atom. The van der Waals surface area contributed by atoms with Gasteiger partial charge in [0.25, 0.3) is 40.3 Å². The highest BCUT2D eigenvalue weighted by Gasteiger charge is 2.44. The van der Waals surface area contributed by atoms with Crippen LogP contribution in [0.15, 0.2) is 105 Å². The maximum Gasteiger partial charge on any atom is 0.323 e. The first-order valence-corrected chi connectivity index (χ1v) is 21.8. The molecule has 2 aliphatic heterocycles. The first-order valence-electron chi connectivity index (χ1n) is 16.0. The highest BCUT2D eigenvalue weighted by atomic mass is 32.2. The van der Waals surface area contributed by atoms with E-state index in [1.807, 2.05) is 0 Å². The van der Waals surface area contributed by atoms with Crippen LogP contribution < -0.4 is 19.2 Å². The zero-order chi connectivity index (χ0) is 40.4. The predicted molar refractivity (Wildman–Crippen MR) is 205 cm³/mol. The SMILES string of the molecule is Cc1ccc2c(NC(=O)Nc3c4ccc(C)c3S(=O)(=O)N4c3cc(S(=O)(=O)O)c4cc(O)ccc4c3)c1S(=O)(=O)N2c1cc(S(=O)(=O)O)c2cc(O)ccc2c1. The number of anilines is 6. The summed E-state index contributed by atoms with van der Waals surface area (Å²) in [4.78, 5) is 11.7. The van der Waals surface area contributed by atoms with Crippen molar-refractivity contribution in [3.05, 3.63) is 96.1 Å². The molecule has 0 aromatic heterocycles. The molecular formula is C35H26N4O13S4. The number of amides is 2. The van der Waals surface area contributed by atoms with Crippen LogP contribution in [0.3, 0.4) is 0 Å². The molecule has 0 atom stereocenters. The fourth-order valence-corrected chi connectivity index (χ4v) is 12.3. The van der Waals surface area contributed by atoms with E-state index in [1.165, 1.54) is 74.5 Å². The van der Waals surface area contributed by atoms with Gasteiger partial charge in [-0.1, -0.05) is 24.3 Å². The van der Waals surface area contributed by atoms with Crippen LogP contribution in [0.25, 0.3) is 21.5 Å². The molecule has 2 amide bonds. The van der Waals surface area contributed by atoms with Gasteiger partial charge in [0.05, 0.1) is 34.1 Å². The standard InChI is InChI=1S/C35H26N4O13S4/c1-17-3-9-27-31(33(17)53(43,44)38(27)21-11-19-5-7-23(40)15-25(19)29(13-21)55(47,48)49)36-35(42)37-32-28-10-4-18(2)34(32)54(45,46)39(28)22-12-20-6-8-24(41)16-26(20)30(14-22)56(50,51)52/h3-16,40-41H,1-2H3,(H2,36,37,42)(H,47,48,49)(H,50,51,52). The molecule has 2 heterocycles. The van der Waals surface area contributed by atoms with Crippen LogP contribution in [0.1, 0.15) is 11.1 Å². The highest BCUT2D eigenvalue weighted by molar-refractivity contribution is 7.94. The number of urea groups is 1. The quantitative estimate of drug-likeness (QED) is 0.108. The van der Waals surface area contributed by atoms with Crippen molar-refractivity contribution in [1.82, 2.24) is 0 Å². The largest absolute Gasteiger partial charge is 0.508 e. The average Bonchev–Trinajstić information content (AvgIpc) is 3.34. The lowest BCUT2D eigenvalue weighted by molar-refractivity contribution is 0.262. The summed E-state index contributed by atoms with van der Waals surface area (Å²) in [5.41, 5.74) is -0.861. The summed E-state index contributed by atoms with van der Waals surface area (Å²) < 4.78 is 128. The van der Waals surface area contributed by atoms with Gasteiger partial charge in [-0.3, -0.25) is 9.11 Å². The number of phenolic OH excluding ortho intramolecular Hbond substituents is 2. The first kappa shape index (κ1) is 37.0. The van der Waals surface area contributed by atoms with Gasteiger partial charge in [-0.2, -0.15) is 16.8 Å². The van der Waals surface area contributed by atoms with Crippen LogP contribution in [-0.2, 0) is 40.3 Å². The molecule has 0 saturated carbocycles. The van der Waals surface area contributed by atoms with Crippen LogP contribution in [0.2, 0.25) is 0 Å². The summed E-state index contributed by atoms with van der Waals surface area (Å²) in [6.07, 6.45) is 0. The summed E-state index contributed by atoms with van der Waals surface area (Å²) in [6.45, 7) is 2.91. The average molecular weight is 839 g/mol. The second-order valence-electron chi connectivity index (χ2n) is 13.0. The van der Waals surface area contributed by atoms with Crippen molar-refractivity contribution in [2.24, 2.45) is 0 Å². The van der Waals surface area contributed by atoms with E-state index in [4.69, 9.17) is 0 Å². The molecule has 0 unspecified atom stereocenters. The Hall–Kier alpha value is -5.97. The number of hydrogen-bond donors (Lipinski definition) is 6. The summed E-state index contributed by atoms with van der Waals surface area (Å²) in [5.74, 6) is -0.630. The molecule has 17 nitrogen and oxygen atoms in total. The molecule has 0 saturated heterocycles. The minimum Gasteiger partial charge on any atom is -0.508 e. The molecule has 6 aromatic carbocycles. The molecule has 0 fully saturated rings. The molecule has 8 rings (SSSR count). The van der Waals surface area contributed by atoms with Gasteiger partial charge < -0.3 is 20.8 Å². The van der Waals surface area contributed by atoms with Gasteiger partial charge in [-0.15, -0.1) is 0 Å². The number of carbonyl (C=O) groups excluding carboxylic acids is 1. The minimum absolute atomic E-state index is 0.0927. The molecule has 6 N–H and O–H groups in total. The Bertz CT molecular complexity index is 3050. The van der Waals surface area contributed by atoms with Crippen molar-refractivity contribution < 1.29 is 57.8 Å². The Balaban J connectivity index is 1.21. The van der Waals surface area contributed by atoms with E-state index in [0.717, 1.165) is 32.9 Å². The van der Waals surface area contributed by atoms with Crippen LogP contribution in [0, 0.1) is 13.8 Å². The number of aryl methyl sites for hydroxylation is 2. The number of phenols is 2. The molecule has 0 aliphatic carbocycles. The molecule has 56 heavy (non-hydrogen) atoms. The number of nitrogens with zero attached hydrogens (tertiary/aromatic N) is 2. The van der Waals surface area contributed by atoms with Crippen LogP contribution in [-0.4, -0.2) is 59.0 Å². The third-order valence-electron chi connectivity index (χ3n) is 9.37. The maximum atomic E-state index is 14.1. The Kier molecular flexibility index (Phi) is 7.93. The van der Waals surface area contributed by atoms with E-state index in [2.05, 4.69) is 10.6 Å². The van der Waals surface area contributed by atoms with Gasteiger partial charge in [0.1, 0.15) is 31.1 Å². The monoisotopic (exact) mass is 838 g/mol. The Labute approximate surface area is 318 Å². The molecule has 0 radical (unpaired) electrons. The number of aromatic hydroxyl groups is 2. The molecule has 6 aromatic rings. The Morgan fingerprint density at radius 3 is 1.30 bits per heavy atom. The van der Waals surface area contributed by atoms with Crippen molar-refractivity contribution >= 4 is 102 Å². The van der Waals surface area contributed by atoms with Crippen LogP contribution in [0.4, 0.5) is 38.9 Å². The topological polar surface area (TPSA) is 265 Å². The number of benzene rings is 6. The van der Waals surface area contributed by atoms with E-state index in [-0.39, 0.29) is 88.1 Å². The molecule has 288 valence electrons. The lowest BCUT2D eigenvalue weighted by Crippen LogP contribution is -2.21. The van der Waals surface area contributed by atoms with E-state index in [9.17, 15) is 57.8 Å². The summed E-state index contributed by atoms with van der Waals surface area (Å²) >= 11 is 0. The number of carbonyl (C=O) groups is 1. The second kappa shape index (κ2) is 12.0. The van der Waals surface area contributed by atoms with Crippen LogP contribution >= 0.6 is 0 Å². The van der Waals surface area contributed by atoms with Crippen molar-refractivity contribution in [1.29, 1.82) is 0 Å². The zero-order valence-electron chi connectivity index (χ0n) is 28.6. The summed E-state index contributed by atoms with van der Waals surface area (Å²) in [5, 5.41) is 25.0. The molecule has 4 bridgehead atoms. The third kappa shape index (κ3) is 5.58. The van der Waals surface area contributed by atoms with Crippen molar-refractivity contribution in [2.45, 2.75) is 33.4 Å². The summed E-state index contributed by atoms with van der Waals surface area (Å²) in [7, 11) is -19.1. The molecule has 21 heteroatoms. The fourth-order valence-electron chi connectivity index (χ4n) is 7.11. The van der Waals surface area contributed by atoms with Gasteiger partial charge in [-0.05, 0) is 96.4 Å². The normalized spacial score (nSPS) is 15.4.